The standard InChI is InChI=1S/C17H22N4OS2/c1-11(2)10-18-16-20-21-17(24-16)23-14(12-6-4-3-5-7-12)15(22)19-13-8-9-13/h3-7,11,13-14H,8-10H2,1-2H3,(H,18,20)(H,19,22)/t14-/m1/s1. The summed E-state index contributed by atoms with van der Waals surface area (Å²) in [5, 5.41) is 15.3. The summed E-state index contributed by atoms with van der Waals surface area (Å²) in [5.74, 6) is 0.604. The molecule has 1 aromatic heterocycles. The van der Waals surface area contributed by atoms with Crippen molar-refractivity contribution in [2.45, 2.75) is 42.3 Å². The van der Waals surface area contributed by atoms with Gasteiger partial charge in [-0.05, 0) is 24.3 Å². The second-order valence-corrected chi connectivity index (χ2v) is 8.67. The third kappa shape index (κ3) is 4.95. The summed E-state index contributed by atoms with van der Waals surface area (Å²) in [5.41, 5.74) is 0.993. The van der Waals surface area contributed by atoms with E-state index in [-0.39, 0.29) is 11.2 Å². The van der Waals surface area contributed by atoms with Crippen molar-refractivity contribution in [3.63, 3.8) is 0 Å². The number of rotatable bonds is 8. The van der Waals surface area contributed by atoms with Crippen molar-refractivity contribution in [2.75, 3.05) is 11.9 Å². The highest BCUT2D eigenvalue weighted by Gasteiger charge is 2.29. The van der Waals surface area contributed by atoms with Gasteiger partial charge in [0.05, 0.1) is 0 Å². The predicted octanol–water partition coefficient (Wildman–Crippen LogP) is 3.72. The molecule has 5 nitrogen and oxygen atoms in total. The molecule has 7 heteroatoms. The molecule has 2 N–H and O–H groups in total. The summed E-state index contributed by atoms with van der Waals surface area (Å²) in [4.78, 5) is 12.6. The van der Waals surface area contributed by atoms with Crippen LogP contribution in [0.5, 0.6) is 0 Å². The number of thioether (sulfide) groups is 1. The Balaban J connectivity index is 1.70. The molecule has 2 aromatic rings. The molecule has 0 saturated heterocycles. The van der Waals surface area contributed by atoms with Gasteiger partial charge >= 0.3 is 0 Å². The number of hydrogen-bond donors (Lipinski definition) is 2. The second kappa shape index (κ2) is 7.98. The molecule has 1 aromatic carbocycles. The van der Waals surface area contributed by atoms with Crippen LogP contribution in [0, 0.1) is 5.92 Å². The van der Waals surface area contributed by atoms with Crippen molar-refractivity contribution in [1.29, 1.82) is 0 Å². The first kappa shape index (κ1) is 17.2. The summed E-state index contributed by atoms with van der Waals surface area (Å²) >= 11 is 2.97. The van der Waals surface area contributed by atoms with Crippen LogP contribution >= 0.6 is 23.1 Å². The largest absolute Gasteiger partial charge is 0.360 e. The predicted molar refractivity (Wildman–Crippen MR) is 99.4 cm³/mol. The van der Waals surface area contributed by atoms with Crippen molar-refractivity contribution in [2.24, 2.45) is 5.92 Å². The molecule has 128 valence electrons. The molecule has 0 aliphatic heterocycles. The third-order valence-electron chi connectivity index (χ3n) is 3.55. The number of aromatic nitrogens is 2. The maximum Gasteiger partial charge on any atom is 0.238 e. The lowest BCUT2D eigenvalue weighted by Gasteiger charge is -2.15. The van der Waals surface area contributed by atoms with Crippen LogP contribution in [-0.2, 0) is 4.79 Å². The molecule has 3 rings (SSSR count). The van der Waals surface area contributed by atoms with Crippen molar-refractivity contribution in [1.82, 2.24) is 15.5 Å². The third-order valence-corrected chi connectivity index (χ3v) is 5.77. The Morgan fingerprint density at radius 3 is 2.71 bits per heavy atom. The van der Waals surface area contributed by atoms with E-state index in [4.69, 9.17) is 0 Å². The van der Waals surface area contributed by atoms with Gasteiger partial charge in [-0.25, -0.2) is 0 Å². The van der Waals surface area contributed by atoms with E-state index >= 15 is 0 Å². The normalized spacial score (nSPS) is 15.3. The highest BCUT2D eigenvalue weighted by Crippen LogP contribution is 2.38. The summed E-state index contributed by atoms with van der Waals surface area (Å²) in [6, 6.07) is 10.2. The Bertz CT molecular complexity index is 670. The van der Waals surface area contributed by atoms with Crippen LogP contribution in [0.15, 0.2) is 34.7 Å². The van der Waals surface area contributed by atoms with Gasteiger partial charge in [-0.3, -0.25) is 4.79 Å². The smallest absolute Gasteiger partial charge is 0.238 e. The fourth-order valence-corrected chi connectivity index (χ4v) is 4.09. The molecule has 0 radical (unpaired) electrons. The molecule has 1 amide bonds. The fourth-order valence-electron chi connectivity index (χ4n) is 2.13. The Morgan fingerprint density at radius 1 is 1.29 bits per heavy atom. The Morgan fingerprint density at radius 2 is 2.04 bits per heavy atom. The minimum absolute atomic E-state index is 0.0561. The van der Waals surface area contributed by atoms with Crippen LogP contribution in [0.3, 0.4) is 0 Å². The van der Waals surface area contributed by atoms with Crippen LogP contribution in [0.2, 0.25) is 0 Å². The average molecular weight is 363 g/mol. The highest BCUT2D eigenvalue weighted by molar-refractivity contribution is 8.01. The van der Waals surface area contributed by atoms with E-state index in [0.717, 1.165) is 34.4 Å². The molecule has 1 aliphatic carbocycles. The van der Waals surface area contributed by atoms with E-state index in [1.807, 2.05) is 30.3 Å². The lowest BCUT2D eigenvalue weighted by Crippen LogP contribution is -2.29. The molecule has 1 fully saturated rings. The minimum atomic E-state index is -0.294. The quantitative estimate of drug-likeness (QED) is 0.701. The van der Waals surface area contributed by atoms with E-state index in [2.05, 4.69) is 34.7 Å². The first-order chi connectivity index (χ1) is 11.6. The van der Waals surface area contributed by atoms with Gasteiger partial charge in [0.15, 0.2) is 4.34 Å². The minimum Gasteiger partial charge on any atom is -0.360 e. The molecule has 1 atom stereocenters. The molecule has 1 heterocycles. The summed E-state index contributed by atoms with van der Waals surface area (Å²) in [7, 11) is 0. The first-order valence-electron chi connectivity index (χ1n) is 8.21. The Hall–Kier alpha value is -1.60. The number of amides is 1. The zero-order chi connectivity index (χ0) is 16.9. The van der Waals surface area contributed by atoms with Crippen LogP contribution in [0.25, 0.3) is 0 Å². The number of carbonyl (C=O) groups excluding carboxylic acids is 1. The van der Waals surface area contributed by atoms with Crippen molar-refractivity contribution in [3.05, 3.63) is 35.9 Å². The number of benzene rings is 1. The summed E-state index contributed by atoms with van der Waals surface area (Å²) in [6.45, 7) is 5.16. The fraction of sp³-hybridized carbons (Fsp3) is 0.471. The lowest BCUT2D eigenvalue weighted by atomic mass is 10.1. The van der Waals surface area contributed by atoms with E-state index in [1.54, 1.807) is 0 Å². The first-order valence-corrected chi connectivity index (χ1v) is 9.91. The Labute approximate surface area is 150 Å². The highest BCUT2D eigenvalue weighted by atomic mass is 32.2. The molecular weight excluding hydrogens is 340 g/mol. The van der Waals surface area contributed by atoms with Crippen molar-refractivity contribution >= 4 is 34.1 Å². The van der Waals surface area contributed by atoms with Crippen LogP contribution in [0.4, 0.5) is 5.13 Å². The van der Waals surface area contributed by atoms with E-state index in [0.29, 0.717) is 12.0 Å². The summed E-state index contributed by atoms with van der Waals surface area (Å²) in [6.07, 6.45) is 2.17. The number of hydrogen-bond acceptors (Lipinski definition) is 6. The average Bonchev–Trinajstić information content (AvgIpc) is 3.27. The monoisotopic (exact) mass is 362 g/mol. The van der Waals surface area contributed by atoms with Crippen LogP contribution in [-0.4, -0.2) is 28.7 Å². The van der Waals surface area contributed by atoms with Gasteiger partial charge in [-0.2, -0.15) is 0 Å². The van der Waals surface area contributed by atoms with Gasteiger partial charge < -0.3 is 10.6 Å². The number of nitrogens with one attached hydrogen (secondary N) is 2. The van der Waals surface area contributed by atoms with Gasteiger partial charge in [0.1, 0.15) is 5.25 Å². The van der Waals surface area contributed by atoms with Gasteiger partial charge in [-0.1, -0.05) is 67.3 Å². The van der Waals surface area contributed by atoms with E-state index in [9.17, 15) is 4.79 Å². The van der Waals surface area contributed by atoms with Crippen LogP contribution in [0.1, 0.15) is 37.5 Å². The van der Waals surface area contributed by atoms with E-state index < -0.39 is 0 Å². The molecular formula is C17H22N4OS2. The SMILES string of the molecule is CC(C)CNc1nnc(S[C@@H](C(=O)NC2CC2)c2ccccc2)s1. The maximum atomic E-state index is 12.6. The van der Waals surface area contributed by atoms with Gasteiger partial charge in [-0.15, -0.1) is 10.2 Å². The molecule has 1 aliphatic rings. The lowest BCUT2D eigenvalue weighted by molar-refractivity contribution is -0.120. The van der Waals surface area contributed by atoms with Gasteiger partial charge in [0.25, 0.3) is 0 Å². The van der Waals surface area contributed by atoms with Crippen molar-refractivity contribution < 1.29 is 4.79 Å². The topological polar surface area (TPSA) is 66.9 Å². The number of nitrogens with zero attached hydrogens (tertiary/aromatic N) is 2. The molecule has 0 spiro atoms. The van der Waals surface area contributed by atoms with Gasteiger partial charge in [0, 0.05) is 12.6 Å². The zero-order valence-corrected chi connectivity index (χ0v) is 15.5. The number of carbonyl (C=O) groups is 1. The number of anilines is 1. The maximum absolute atomic E-state index is 12.6. The Kier molecular flexibility index (Phi) is 5.73. The van der Waals surface area contributed by atoms with Crippen LogP contribution < -0.4 is 10.6 Å². The zero-order valence-electron chi connectivity index (χ0n) is 13.9. The second-order valence-electron chi connectivity index (χ2n) is 6.34. The molecule has 1 saturated carbocycles. The molecule has 0 bridgehead atoms. The van der Waals surface area contributed by atoms with Gasteiger partial charge in [0.2, 0.25) is 11.0 Å². The van der Waals surface area contributed by atoms with Crippen molar-refractivity contribution in [3.8, 4) is 0 Å². The molecule has 0 unspecified atom stereocenters. The molecule has 24 heavy (non-hydrogen) atoms. The van der Waals surface area contributed by atoms with E-state index in [1.165, 1.54) is 23.1 Å². The summed E-state index contributed by atoms with van der Waals surface area (Å²) < 4.78 is 0.807.